The Balaban J connectivity index is 1.50. The van der Waals surface area contributed by atoms with Crippen molar-refractivity contribution in [2.24, 2.45) is 5.73 Å². The van der Waals surface area contributed by atoms with Crippen molar-refractivity contribution < 1.29 is 23.4 Å². The number of carbonyl (C=O) groups is 1. The van der Waals surface area contributed by atoms with Crippen LogP contribution in [-0.4, -0.2) is 73.3 Å². The second-order valence-electron chi connectivity index (χ2n) is 10.7. The van der Waals surface area contributed by atoms with Crippen LogP contribution in [-0.2, 0) is 4.79 Å². The van der Waals surface area contributed by atoms with E-state index < -0.39 is 17.8 Å². The molecule has 43 heavy (non-hydrogen) atoms. The zero-order chi connectivity index (χ0) is 30.5. The third kappa shape index (κ3) is 6.94. The zero-order valence-electron chi connectivity index (χ0n) is 24.3. The molecule has 0 radical (unpaired) electrons. The molecule has 2 atom stereocenters. The van der Waals surface area contributed by atoms with Crippen molar-refractivity contribution in [1.82, 2.24) is 20.2 Å². The lowest BCUT2D eigenvalue weighted by Gasteiger charge is -2.32. The number of likely N-dealkylation sites (tertiary alicyclic amines) is 1. The minimum Gasteiger partial charge on any atom is -0.481 e. The smallest absolute Gasteiger partial charge is 0.322 e. The maximum atomic E-state index is 13.3. The van der Waals surface area contributed by atoms with Crippen molar-refractivity contribution in [3.63, 3.8) is 0 Å². The number of rotatable bonds is 11. The second kappa shape index (κ2) is 13.5. The van der Waals surface area contributed by atoms with Crippen LogP contribution >= 0.6 is 11.6 Å². The van der Waals surface area contributed by atoms with Gasteiger partial charge in [-0.05, 0) is 56.6 Å². The molecule has 12 heteroatoms. The van der Waals surface area contributed by atoms with E-state index in [0.29, 0.717) is 29.7 Å². The average molecular weight is 611 g/mol. The second-order valence-corrected chi connectivity index (χ2v) is 11.2. The quantitative estimate of drug-likeness (QED) is 0.302. The fraction of sp³-hybridized carbons (Fsp3) is 0.387. The number of hydrogen-bond acceptors (Lipinski definition) is 9. The van der Waals surface area contributed by atoms with Gasteiger partial charge in [0.05, 0.1) is 0 Å². The highest BCUT2D eigenvalue weighted by Gasteiger charge is 2.32. The van der Waals surface area contributed by atoms with Gasteiger partial charge in [0, 0.05) is 41.6 Å². The van der Waals surface area contributed by atoms with E-state index in [1.54, 1.807) is 0 Å². The first kappa shape index (κ1) is 30.4. The number of amides is 1. The molecule has 10 nitrogen and oxygen atoms in total. The molecule has 3 N–H and O–H groups in total. The number of likely N-dealkylation sites (N-methyl/N-ethyl adjacent to an activating group) is 1. The van der Waals surface area contributed by atoms with Crippen molar-refractivity contribution in [1.29, 1.82) is 0 Å². The molecule has 2 aliphatic heterocycles. The monoisotopic (exact) mass is 610 g/mol. The summed E-state index contributed by atoms with van der Waals surface area (Å²) in [5.74, 6) is -0.979. The maximum absolute atomic E-state index is 13.3. The minimum absolute atomic E-state index is 0.111. The number of halogens is 2. The van der Waals surface area contributed by atoms with Crippen LogP contribution in [0.2, 0.25) is 5.02 Å². The van der Waals surface area contributed by atoms with Crippen molar-refractivity contribution in [3.8, 4) is 17.6 Å². The summed E-state index contributed by atoms with van der Waals surface area (Å²) in [4.78, 5) is 25.3. The van der Waals surface area contributed by atoms with Crippen molar-refractivity contribution in [2.45, 2.75) is 31.9 Å². The Bertz CT molecular complexity index is 1530. The van der Waals surface area contributed by atoms with E-state index in [2.05, 4.69) is 28.8 Å². The first-order valence-corrected chi connectivity index (χ1v) is 14.6. The first-order valence-electron chi connectivity index (χ1n) is 14.2. The number of benzene rings is 2. The van der Waals surface area contributed by atoms with E-state index >= 15 is 0 Å². The van der Waals surface area contributed by atoms with Crippen LogP contribution in [0.25, 0.3) is 10.8 Å². The number of carbonyl (C=O) groups excluding carboxylic acids is 1. The van der Waals surface area contributed by atoms with Gasteiger partial charge < -0.3 is 35.1 Å². The first-order chi connectivity index (χ1) is 20.7. The van der Waals surface area contributed by atoms with Gasteiger partial charge in [0.25, 0.3) is 11.8 Å². The number of anilines is 1. The normalized spacial score (nSPS) is 18.5. The fourth-order valence-electron chi connectivity index (χ4n) is 5.33. The van der Waals surface area contributed by atoms with Crippen LogP contribution in [0, 0.1) is 0 Å². The fourth-order valence-corrected chi connectivity index (χ4v) is 5.62. The Morgan fingerprint density at radius 1 is 1.33 bits per heavy atom. The summed E-state index contributed by atoms with van der Waals surface area (Å²) >= 11 is 6.61. The number of hydrogen-bond donors (Lipinski definition) is 2. The molecule has 3 heterocycles. The van der Waals surface area contributed by atoms with E-state index in [9.17, 15) is 9.18 Å². The summed E-state index contributed by atoms with van der Waals surface area (Å²) in [6, 6.07) is 12.0. The van der Waals surface area contributed by atoms with Gasteiger partial charge in [0.2, 0.25) is 5.75 Å². The topological polar surface area (TPSA) is 115 Å². The summed E-state index contributed by atoms with van der Waals surface area (Å²) in [6.45, 7) is 7.23. The van der Waals surface area contributed by atoms with Gasteiger partial charge in [-0.15, -0.1) is 0 Å². The molecule has 5 rings (SSSR count). The van der Waals surface area contributed by atoms with Crippen molar-refractivity contribution in [2.75, 3.05) is 51.3 Å². The molecule has 228 valence electrons. The average Bonchev–Trinajstić information content (AvgIpc) is 3.42. The van der Waals surface area contributed by atoms with Crippen LogP contribution < -0.4 is 30.2 Å². The zero-order valence-corrected chi connectivity index (χ0v) is 25.1. The number of aromatic nitrogens is 2. The number of nitrogens with one attached hydrogen (secondary N) is 1. The molecule has 0 bridgehead atoms. The molecular weight excluding hydrogens is 575 g/mol. The highest BCUT2D eigenvalue weighted by atomic mass is 35.5. The molecule has 3 aromatic rings. The SMILES string of the molecule is C=C(F)C(=O)NCCN(C/C(C)=C\N)c1nc(OC[C@@H]2CCCN2C)nc2c1OCC(c1cccc3cccc(Cl)c13)O2. The molecule has 1 amide bonds. The molecule has 0 spiro atoms. The predicted molar refractivity (Wildman–Crippen MR) is 164 cm³/mol. The Morgan fingerprint density at radius 2 is 2.12 bits per heavy atom. The van der Waals surface area contributed by atoms with E-state index in [1.807, 2.05) is 48.2 Å². The maximum Gasteiger partial charge on any atom is 0.322 e. The molecule has 0 saturated carbocycles. The van der Waals surface area contributed by atoms with E-state index in [0.717, 1.165) is 41.3 Å². The summed E-state index contributed by atoms with van der Waals surface area (Å²) in [7, 11) is 2.07. The molecule has 1 saturated heterocycles. The molecule has 1 fully saturated rings. The Kier molecular flexibility index (Phi) is 9.52. The van der Waals surface area contributed by atoms with Crippen LogP contribution in [0.5, 0.6) is 17.6 Å². The molecule has 2 aliphatic rings. The lowest BCUT2D eigenvalue weighted by molar-refractivity contribution is -0.118. The summed E-state index contributed by atoms with van der Waals surface area (Å²) in [5, 5.41) is 5.00. The number of ether oxygens (including phenoxy) is 3. The highest BCUT2D eigenvalue weighted by molar-refractivity contribution is 6.35. The standard InChI is InChI=1S/C31H36ClFN6O4/c1-19(15-34)16-39(14-12-35-29(40)20(2)33)28-27-30(37-31(36-28)42-17-22-9-6-13-38(22)3)43-25(18-41-27)23-10-4-7-21-8-5-11-24(32)26(21)23/h4-5,7-8,10-11,15,22,25H,2,6,9,12-14,16-18,34H2,1,3H3,(H,35,40)/b19-15-/t22-,25?/m0/s1. The molecule has 2 aromatic carbocycles. The Morgan fingerprint density at radius 3 is 2.84 bits per heavy atom. The van der Waals surface area contributed by atoms with Gasteiger partial charge in [-0.25, -0.2) is 4.39 Å². The predicted octanol–water partition coefficient (Wildman–Crippen LogP) is 4.54. The van der Waals surface area contributed by atoms with E-state index in [1.165, 1.54) is 6.20 Å². The molecule has 1 unspecified atom stereocenters. The van der Waals surface area contributed by atoms with Crippen LogP contribution in [0.1, 0.15) is 31.4 Å². The van der Waals surface area contributed by atoms with Crippen molar-refractivity contribution in [3.05, 3.63) is 71.2 Å². The Hall–Kier alpha value is -4.09. The van der Waals surface area contributed by atoms with E-state index in [4.69, 9.17) is 36.5 Å². The highest BCUT2D eigenvalue weighted by Crippen LogP contribution is 2.44. The largest absolute Gasteiger partial charge is 0.481 e. The van der Waals surface area contributed by atoms with Gasteiger partial charge in [-0.1, -0.05) is 48.5 Å². The van der Waals surface area contributed by atoms with Gasteiger partial charge in [0.1, 0.15) is 13.2 Å². The van der Waals surface area contributed by atoms with Gasteiger partial charge in [-0.3, -0.25) is 4.79 Å². The Labute approximate surface area is 255 Å². The van der Waals surface area contributed by atoms with Gasteiger partial charge >= 0.3 is 6.01 Å². The van der Waals surface area contributed by atoms with Crippen LogP contribution in [0.15, 0.2) is 60.6 Å². The molecule has 0 aliphatic carbocycles. The van der Waals surface area contributed by atoms with Crippen LogP contribution in [0.4, 0.5) is 10.2 Å². The lowest BCUT2D eigenvalue weighted by atomic mass is 10.0. The summed E-state index contributed by atoms with van der Waals surface area (Å²) in [5.41, 5.74) is 7.51. The summed E-state index contributed by atoms with van der Waals surface area (Å²) < 4.78 is 32.2. The molecular formula is C31H36ClFN6O4. The summed E-state index contributed by atoms with van der Waals surface area (Å²) in [6.07, 6.45) is 3.11. The van der Waals surface area contributed by atoms with Gasteiger partial charge in [0.15, 0.2) is 17.7 Å². The van der Waals surface area contributed by atoms with Gasteiger partial charge in [-0.2, -0.15) is 9.97 Å². The third-order valence-corrected chi connectivity index (χ3v) is 7.99. The number of nitrogens with zero attached hydrogens (tertiary/aromatic N) is 4. The minimum atomic E-state index is -1.06. The lowest BCUT2D eigenvalue weighted by Crippen LogP contribution is -2.37. The van der Waals surface area contributed by atoms with E-state index in [-0.39, 0.29) is 37.6 Å². The number of nitrogens with two attached hydrogens (primary N) is 1. The third-order valence-electron chi connectivity index (χ3n) is 7.68. The molecule has 1 aromatic heterocycles. The van der Waals surface area contributed by atoms with Crippen LogP contribution in [0.3, 0.4) is 0 Å². The number of fused-ring (bicyclic) bond motifs is 2. The van der Waals surface area contributed by atoms with Crippen molar-refractivity contribution >= 4 is 34.1 Å².